The first-order valence-electron chi connectivity index (χ1n) is 6.37. The molecule has 19 heavy (non-hydrogen) atoms. The van der Waals surface area contributed by atoms with E-state index in [-0.39, 0.29) is 5.91 Å². The van der Waals surface area contributed by atoms with Crippen LogP contribution in [0.2, 0.25) is 10.0 Å². The molecule has 1 aromatic carbocycles. The van der Waals surface area contributed by atoms with E-state index in [9.17, 15) is 4.79 Å². The number of carbonyl (C=O) groups is 1. The average molecular weight is 304 g/mol. The van der Waals surface area contributed by atoms with Gasteiger partial charge < -0.3 is 9.64 Å². The van der Waals surface area contributed by atoms with E-state index >= 15 is 0 Å². The lowest BCUT2D eigenvalue weighted by Crippen LogP contribution is -2.32. The monoisotopic (exact) mass is 303 g/mol. The van der Waals surface area contributed by atoms with Gasteiger partial charge in [0.1, 0.15) is 0 Å². The van der Waals surface area contributed by atoms with E-state index < -0.39 is 0 Å². The van der Waals surface area contributed by atoms with Gasteiger partial charge in [0.25, 0.3) is 5.91 Å². The molecule has 3 nitrogen and oxygen atoms in total. The molecule has 0 saturated heterocycles. The van der Waals surface area contributed by atoms with Gasteiger partial charge in [-0.05, 0) is 25.0 Å². The lowest BCUT2D eigenvalue weighted by atomic mass is 10.1. The average Bonchev–Trinajstić information content (AvgIpc) is 2.37. The summed E-state index contributed by atoms with van der Waals surface area (Å²) in [5, 5.41) is 0.706. The third-order valence-corrected chi connectivity index (χ3v) is 3.29. The Labute approximate surface area is 124 Å². The second-order valence-corrected chi connectivity index (χ2v) is 5.08. The minimum absolute atomic E-state index is 0.0462. The normalized spacial score (nSPS) is 10.4. The Morgan fingerprint density at radius 2 is 1.63 bits per heavy atom. The highest BCUT2D eigenvalue weighted by Gasteiger charge is 2.18. The standard InChI is InChI=1S/C14H19Cl2NO2/c1-4-6-17(7-5-2)14(18)10-8-11(15)13(19-3)12(16)9-10/h8-9H,4-7H2,1-3H3. The van der Waals surface area contributed by atoms with Crippen LogP contribution in [0.15, 0.2) is 12.1 Å². The fourth-order valence-corrected chi connectivity index (χ4v) is 2.56. The summed E-state index contributed by atoms with van der Waals surface area (Å²) in [6.07, 6.45) is 1.84. The Balaban J connectivity index is 3.04. The largest absolute Gasteiger partial charge is 0.494 e. The number of ether oxygens (including phenoxy) is 1. The zero-order chi connectivity index (χ0) is 14.4. The van der Waals surface area contributed by atoms with Gasteiger partial charge in [0.15, 0.2) is 5.75 Å². The summed E-state index contributed by atoms with van der Waals surface area (Å²) in [5.74, 6) is 0.354. The second kappa shape index (κ2) is 7.61. The molecular weight excluding hydrogens is 285 g/mol. The Kier molecular flexibility index (Phi) is 6.46. The molecule has 0 aromatic heterocycles. The molecule has 0 aliphatic carbocycles. The van der Waals surface area contributed by atoms with Gasteiger partial charge in [-0.25, -0.2) is 0 Å². The van der Waals surface area contributed by atoms with Gasteiger partial charge in [-0.3, -0.25) is 4.79 Å². The third-order valence-electron chi connectivity index (χ3n) is 2.72. The zero-order valence-electron chi connectivity index (χ0n) is 11.5. The van der Waals surface area contributed by atoms with Gasteiger partial charge >= 0.3 is 0 Å². The van der Waals surface area contributed by atoms with Crippen molar-refractivity contribution in [2.45, 2.75) is 26.7 Å². The minimum atomic E-state index is -0.0462. The van der Waals surface area contributed by atoms with Crippen molar-refractivity contribution in [2.75, 3.05) is 20.2 Å². The van der Waals surface area contributed by atoms with Crippen molar-refractivity contribution in [3.8, 4) is 5.75 Å². The molecule has 1 amide bonds. The molecule has 0 aliphatic heterocycles. The second-order valence-electron chi connectivity index (χ2n) is 4.27. The quantitative estimate of drug-likeness (QED) is 0.785. The first-order valence-corrected chi connectivity index (χ1v) is 7.13. The summed E-state index contributed by atoms with van der Waals surface area (Å²) in [5.41, 5.74) is 0.498. The van der Waals surface area contributed by atoms with E-state index in [1.54, 1.807) is 12.1 Å². The van der Waals surface area contributed by atoms with Gasteiger partial charge in [0.2, 0.25) is 0 Å². The van der Waals surface area contributed by atoms with E-state index in [4.69, 9.17) is 27.9 Å². The summed E-state index contributed by atoms with van der Waals surface area (Å²) in [4.78, 5) is 14.2. The van der Waals surface area contributed by atoms with Crippen LogP contribution in [0, 0.1) is 0 Å². The van der Waals surface area contributed by atoms with Crippen LogP contribution >= 0.6 is 23.2 Å². The molecule has 0 atom stereocenters. The van der Waals surface area contributed by atoms with Gasteiger partial charge in [-0.1, -0.05) is 37.0 Å². The minimum Gasteiger partial charge on any atom is -0.494 e. The van der Waals surface area contributed by atoms with Crippen LogP contribution < -0.4 is 4.74 Å². The van der Waals surface area contributed by atoms with Crippen LogP contribution in [0.4, 0.5) is 0 Å². The Bertz CT molecular complexity index is 420. The van der Waals surface area contributed by atoms with Crippen molar-refractivity contribution in [3.63, 3.8) is 0 Å². The summed E-state index contributed by atoms with van der Waals surface area (Å²) in [6, 6.07) is 3.21. The third kappa shape index (κ3) is 4.02. The van der Waals surface area contributed by atoms with Gasteiger partial charge in [0.05, 0.1) is 17.2 Å². The molecule has 106 valence electrons. The number of amides is 1. The van der Waals surface area contributed by atoms with Crippen LogP contribution in [0.5, 0.6) is 5.75 Å². The van der Waals surface area contributed by atoms with Crippen molar-refractivity contribution in [3.05, 3.63) is 27.7 Å². The zero-order valence-corrected chi connectivity index (χ0v) is 13.0. The van der Waals surface area contributed by atoms with E-state index in [0.717, 1.165) is 25.9 Å². The lowest BCUT2D eigenvalue weighted by Gasteiger charge is -2.22. The summed E-state index contributed by atoms with van der Waals surface area (Å²) < 4.78 is 5.08. The maximum Gasteiger partial charge on any atom is 0.253 e. The van der Waals surface area contributed by atoms with E-state index in [1.807, 2.05) is 18.7 Å². The summed E-state index contributed by atoms with van der Waals surface area (Å²) in [7, 11) is 1.50. The summed E-state index contributed by atoms with van der Waals surface area (Å²) in [6.45, 7) is 5.55. The molecule has 0 unspecified atom stereocenters. The summed E-state index contributed by atoms with van der Waals surface area (Å²) >= 11 is 12.1. The molecule has 0 N–H and O–H groups in total. The first-order chi connectivity index (χ1) is 9.04. The highest BCUT2D eigenvalue weighted by atomic mass is 35.5. The fourth-order valence-electron chi connectivity index (χ4n) is 1.92. The number of hydrogen-bond donors (Lipinski definition) is 0. The van der Waals surface area contributed by atoms with E-state index in [0.29, 0.717) is 21.4 Å². The number of methoxy groups -OCH3 is 1. The number of hydrogen-bond acceptors (Lipinski definition) is 2. The van der Waals surface area contributed by atoms with Crippen molar-refractivity contribution in [2.24, 2.45) is 0 Å². The molecule has 0 aliphatic rings. The van der Waals surface area contributed by atoms with Crippen molar-refractivity contribution < 1.29 is 9.53 Å². The lowest BCUT2D eigenvalue weighted by molar-refractivity contribution is 0.0755. The Morgan fingerprint density at radius 3 is 2.00 bits per heavy atom. The molecule has 0 fully saturated rings. The highest BCUT2D eigenvalue weighted by Crippen LogP contribution is 2.34. The predicted molar refractivity (Wildman–Crippen MR) is 79.5 cm³/mol. The smallest absolute Gasteiger partial charge is 0.253 e. The maximum absolute atomic E-state index is 12.4. The molecule has 1 rings (SSSR count). The maximum atomic E-state index is 12.4. The van der Waals surface area contributed by atoms with Crippen molar-refractivity contribution in [1.82, 2.24) is 4.90 Å². The molecule has 0 bridgehead atoms. The van der Waals surface area contributed by atoms with Crippen molar-refractivity contribution >= 4 is 29.1 Å². The predicted octanol–water partition coefficient (Wildman–Crippen LogP) is 4.26. The van der Waals surface area contributed by atoms with Crippen LogP contribution in [0.1, 0.15) is 37.0 Å². The Morgan fingerprint density at radius 1 is 1.16 bits per heavy atom. The van der Waals surface area contributed by atoms with E-state index in [1.165, 1.54) is 7.11 Å². The fraction of sp³-hybridized carbons (Fsp3) is 0.500. The molecule has 0 heterocycles. The van der Waals surface area contributed by atoms with Gasteiger partial charge in [-0.2, -0.15) is 0 Å². The topological polar surface area (TPSA) is 29.5 Å². The molecule has 5 heteroatoms. The number of nitrogens with zero attached hydrogens (tertiary/aromatic N) is 1. The molecule has 0 saturated carbocycles. The number of carbonyl (C=O) groups excluding carboxylic acids is 1. The SMILES string of the molecule is CCCN(CCC)C(=O)c1cc(Cl)c(OC)c(Cl)c1. The van der Waals surface area contributed by atoms with Gasteiger partial charge in [0, 0.05) is 18.7 Å². The van der Waals surface area contributed by atoms with Crippen molar-refractivity contribution in [1.29, 1.82) is 0 Å². The van der Waals surface area contributed by atoms with Crippen LogP contribution in [-0.2, 0) is 0 Å². The van der Waals surface area contributed by atoms with Crippen LogP contribution in [0.3, 0.4) is 0 Å². The molecular formula is C14H19Cl2NO2. The van der Waals surface area contributed by atoms with E-state index in [2.05, 4.69) is 0 Å². The molecule has 1 aromatic rings. The highest BCUT2D eigenvalue weighted by molar-refractivity contribution is 6.37. The number of rotatable bonds is 6. The molecule has 0 spiro atoms. The van der Waals surface area contributed by atoms with Gasteiger partial charge in [-0.15, -0.1) is 0 Å². The van der Waals surface area contributed by atoms with Crippen LogP contribution in [0.25, 0.3) is 0 Å². The Hall–Kier alpha value is -0.930. The van der Waals surface area contributed by atoms with Crippen LogP contribution in [-0.4, -0.2) is 31.0 Å². The first kappa shape index (κ1) is 16.1. The number of benzene rings is 1. The molecule has 0 radical (unpaired) electrons. The number of halogens is 2.